The maximum Gasteiger partial charge on any atom is 0.221 e. The van der Waals surface area contributed by atoms with Gasteiger partial charge in [0.15, 0.2) is 0 Å². The van der Waals surface area contributed by atoms with E-state index < -0.39 is 6.10 Å². The predicted molar refractivity (Wildman–Crippen MR) is 101 cm³/mol. The molecule has 5 heteroatoms. The van der Waals surface area contributed by atoms with Crippen molar-refractivity contribution in [1.29, 1.82) is 0 Å². The molecule has 1 amide bonds. The zero-order valence-electron chi connectivity index (χ0n) is 14.9. The number of rotatable bonds is 8. The molecule has 0 radical (unpaired) electrons. The Labute approximate surface area is 154 Å². The first-order valence-corrected chi connectivity index (χ1v) is 9.15. The summed E-state index contributed by atoms with van der Waals surface area (Å²) in [5, 5.41) is 16.5. The zero-order valence-corrected chi connectivity index (χ0v) is 14.9. The average molecular weight is 354 g/mol. The van der Waals surface area contributed by atoms with E-state index in [0.717, 1.165) is 30.5 Å². The van der Waals surface area contributed by atoms with Crippen molar-refractivity contribution < 1.29 is 14.6 Å². The van der Waals surface area contributed by atoms with Crippen LogP contribution in [0.4, 0.5) is 0 Å². The van der Waals surface area contributed by atoms with E-state index in [1.54, 1.807) is 0 Å². The van der Waals surface area contributed by atoms with Crippen LogP contribution in [0.2, 0.25) is 0 Å². The summed E-state index contributed by atoms with van der Waals surface area (Å²) in [6.07, 6.45) is 1.87. The first-order chi connectivity index (χ1) is 12.7. The molecule has 5 nitrogen and oxygen atoms in total. The number of carbonyl (C=O) groups is 1. The number of hydrogen-bond donors (Lipinski definition) is 3. The number of carbonyl (C=O) groups excluding carboxylic acids is 1. The topological polar surface area (TPSA) is 70.6 Å². The number of amides is 1. The van der Waals surface area contributed by atoms with Crippen LogP contribution in [0.1, 0.15) is 36.5 Å². The van der Waals surface area contributed by atoms with Crippen molar-refractivity contribution >= 4 is 5.91 Å². The van der Waals surface area contributed by atoms with E-state index in [1.165, 1.54) is 0 Å². The number of ether oxygens (including phenoxy) is 1. The van der Waals surface area contributed by atoms with Crippen molar-refractivity contribution in [3.05, 3.63) is 65.7 Å². The van der Waals surface area contributed by atoms with Gasteiger partial charge in [-0.1, -0.05) is 42.5 Å². The molecule has 26 heavy (non-hydrogen) atoms. The molecule has 0 aromatic heterocycles. The largest absolute Gasteiger partial charge is 0.489 e. The molecular weight excluding hydrogens is 328 g/mol. The minimum atomic E-state index is -0.754. The minimum absolute atomic E-state index is 0.0278. The van der Waals surface area contributed by atoms with Gasteiger partial charge in [0.2, 0.25) is 5.91 Å². The number of benzene rings is 2. The lowest BCUT2D eigenvalue weighted by Crippen LogP contribution is -2.34. The quantitative estimate of drug-likeness (QED) is 0.681. The maximum atomic E-state index is 12.0. The van der Waals surface area contributed by atoms with E-state index in [9.17, 15) is 9.90 Å². The van der Waals surface area contributed by atoms with Crippen molar-refractivity contribution in [2.24, 2.45) is 0 Å². The Balaban J connectivity index is 1.47. The van der Waals surface area contributed by atoms with Gasteiger partial charge in [0.1, 0.15) is 12.4 Å². The summed E-state index contributed by atoms with van der Waals surface area (Å²) in [6, 6.07) is 17.6. The summed E-state index contributed by atoms with van der Waals surface area (Å²) in [7, 11) is 0. The van der Waals surface area contributed by atoms with Crippen LogP contribution in [-0.4, -0.2) is 30.1 Å². The lowest BCUT2D eigenvalue weighted by Gasteiger charge is -2.15. The molecule has 0 spiro atoms. The van der Waals surface area contributed by atoms with Crippen LogP contribution in [0.5, 0.6) is 5.75 Å². The molecule has 2 aromatic rings. The molecule has 2 aromatic carbocycles. The molecule has 1 aliphatic rings. The van der Waals surface area contributed by atoms with Gasteiger partial charge in [-0.15, -0.1) is 0 Å². The van der Waals surface area contributed by atoms with Gasteiger partial charge in [-0.05, 0) is 42.6 Å². The molecule has 0 aliphatic carbocycles. The van der Waals surface area contributed by atoms with Crippen LogP contribution >= 0.6 is 0 Å². The zero-order chi connectivity index (χ0) is 18.2. The number of hydrogen-bond acceptors (Lipinski definition) is 4. The molecule has 1 aliphatic heterocycles. The van der Waals surface area contributed by atoms with E-state index in [-0.39, 0.29) is 18.5 Å². The first kappa shape index (κ1) is 18.4. The fourth-order valence-corrected chi connectivity index (χ4v) is 3.11. The predicted octanol–water partition coefficient (Wildman–Crippen LogP) is 2.56. The van der Waals surface area contributed by atoms with Gasteiger partial charge in [-0.2, -0.15) is 0 Å². The average Bonchev–Trinajstić information content (AvgIpc) is 3.18. The molecule has 1 heterocycles. The second kappa shape index (κ2) is 9.36. The van der Waals surface area contributed by atoms with Crippen LogP contribution in [0.15, 0.2) is 54.6 Å². The van der Waals surface area contributed by atoms with E-state index in [0.29, 0.717) is 18.8 Å². The van der Waals surface area contributed by atoms with Gasteiger partial charge >= 0.3 is 0 Å². The number of aliphatic hydroxyl groups is 1. The molecule has 2 unspecified atom stereocenters. The van der Waals surface area contributed by atoms with E-state index in [2.05, 4.69) is 10.6 Å². The van der Waals surface area contributed by atoms with Crippen LogP contribution in [0.3, 0.4) is 0 Å². The Kier molecular flexibility index (Phi) is 6.63. The third-order valence-electron chi connectivity index (χ3n) is 4.58. The monoisotopic (exact) mass is 354 g/mol. The second-order valence-corrected chi connectivity index (χ2v) is 6.66. The van der Waals surface area contributed by atoms with Crippen molar-refractivity contribution in [2.45, 2.75) is 38.0 Å². The van der Waals surface area contributed by atoms with E-state index in [4.69, 9.17) is 4.74 Å². The van der Waals surface area contributed by atoms with E-state index >= 15 is 0 Å². The molecule has 3 rings (SSSR count). The Morgan fingerprint density at radius 3 is 2.85 bits per heavy atom. The molecule has 1 saturated heterocycles. The highest BCUT2D eigenvalue weighted by Gasteiger charge is 2.18. The summed E-state index contributed by atoms with van der Waals surface area (Å²) >= 11 is 0. The first-order valence-electron chi connectivity index (χ1n) is 9.15. The number of aliphatic hydroxyl groups excluding tert-OH is 1. The normalized spacial score (nSPS) is 17.7. The Bertz CT molecular complexity index is 699. The third-order valence-corrected chi connectivity index (χ3v) is 4.58. The van der Waals surface area contributed by atoms with Crippen molar-refractivity contribution in [3.63, 3.8) is 0 Å². The second-order valence-electron chi connectivity index (χ2n) is 6.66. The smallest absolute Gasteiger partial charge is 0.221 e. The summed E-state index contributed by atoms with van der Waals surface area (Å²) in [5.41, 5.74) is 1.82. The molecule has 138 valence electrons. The minimum Gasteiger partial charge on any atom is -0.489 e. The maximum absolute atomic E-state index is 12.0. The summed E-state index contributed by atoms with van der Waals surface area (Å²) in [6.45, 7) is 1.66. The SMILES string of the molecule is O=C(CC1CCCN1)NCC(O)c1cccc(OCc2ccccc2)c1. The highest BCUT2D eigenvalue weighted by atomic mass is 16.5. The van der Waals surface area contributed by atoms with Crippen molar-refractivity contribution in [1.82, 2.24) is 10.6 Å². The molecule has 2 atom stereocenters. The van der Waals surface area contributed by atoms with Crippen LogP contribution in [0, 0.1) is 0 Å². The van der Waals surface area contributed by atoms with Crippen LogP contribution < -0.4 is 15.4 Å². The van der Waals surface area contributed by atoms with Gasteiger partial charge in [-0.25, -0.2) is 0 Å². The summed E-state index contributed by atoms with van der Waals surface area (Å²) in [5.74, 6) is 0.673. The molecular formula is C21H26N2O3. The highest BCUT2D eigenvalue weighted by molar-refractivity contribution is 5.76. The van der Waals surface area contributed by atoms with Crippen LogP contribution in [0.25, 0.3) is 0 Å². The van der Waals surface area contributed by atoms with Crippen LogP contribution in [-0.2, 0) is 11.4 Å². The Morgan fingerprint density at radius 2 is 2.08 bits per heavy atom. The van der Waals surface area contributed by atoms with Crippen molar-refractivity contribution in [2.75, 3.05) is 13.1 Å². The van der Waals surface area contributed by atoms with E-state index in [1.807, 2.05) is 54.6 Å². The lowest BCUT2D eigenvalue weighted by molar-refractivity contribution is -0.122. The fraction of sp³-hybridized carbons (Fsp3) is 0.381. The van der Waals surface area contributed by atoms with Gasteiger partial charge in [0, 0.05) is 19.0 Å². The molecule has 0 saturated carbocycles. The summed E-state index contributed by atoms with van der Waals surface area (Å²) in [4.78, 5) is 12.0. The fourth-order valence-electron chi connectivity index (χ4n) is 3.11. The third kappa shape index (κ3) is 5.58. The van der Waals surface area contributed by atoms with Crippen molar-refractivity contribution in [3.8, 4) is 5.75 Å². The van der Waals surface area contributed by atoms with Gasteiger partial charge in [0.25, 0.3) is 0 Å². The highest BCUT2D eigenvalue weighted by Crippen LogP contribution is 2.20. The Hall–Kier alpha value is -2.37. The lowest BCUT2D eigenvalue weighted by atomic mass is 10.1. The van der Waals surface area contributed by atoms with Gasteiger partial charge < -0.3 is 20.5 Å². The van der Waals surface area contributed by atoms with Gasteiger partial charge in [0.05, 0.1) is 6.10 Å². The number of nitrogens with one attached hydrogen (secondary N) is 2. The molecule has 0 bridgehead atoms. The Morgan fingerprint density at radius 1 is 1.23 bits per heavy atom. The van der Waals surface area contributed by atoms with Gasteiger partial charge in [-0.3, -0.25) is 4.79 Å². The molecule has 3 N–H and O–H groups in total. The standard InChI is InChI=1S/C21H26N2O3/c24-20(14-23-21(25)13-18-9-5-11-22-18)17-8-4-10-19(12-17)26-15-16-6-2-1-3-7-16/h1-4,6-8,10,12,18,20,22,24H,5,9,11,13-15H2,(H,23,25). The molecule has 1 fully saturated rings. The summed E-state index contributed by atoms with van der Waals surface area (Å²) < 4.78 is 5.79.